The highest BCUT2D eigenvalue weighted by molar-refractivity contribution is 7.33. The maximum absolute atomic E-state index is 9.85. The molecule has 0 unspecified atom stereocenters. The van der Waals surface area contributed by atoms with Crippen LogP contribution < -0.4 is 0 Å². The van der Waals surface area contributed by atoms with Gasteiger partial charge in [0.1, 0.15) is 22.6 Å². The molecule has 2 aliphatic rings. The number of para-hydroxylation sites is 1. The van der Waals surface area contributed by atoms with Crippen LogP contribution in [0.4, 0.5) is 0 Å². The van der Waals surface area contributed by atoms with Crippen LogP contribution in [0.2, 0.25) is 0 Å². The average Bonchev–Trinajstić information content (AvgIpc) is 3.75. The second-order valence-corrected chi connectivity index (χ2v) is 13.8. The Hall–Kier alpha value is -4.88. The van der Waals surface area contributed by atoms with E-state index in [4.69, 9.17) is 4.74 Å². The Bertz CT molecular complexity index is 2570. The molecule has 0 fully saturated rings. The molecule has 204 valence electrons. The fraction of sp³-hybridized carbons (Fsp3) is 0.135. The minimum Gasteiger partial charge on any atom is -0.480 e. The fourth-order valence-electron chi connectivity index (χ4n) is 7.21. The number of hydrogen-bond donors (Lipinski definition) is 0. The number of thiophene rings is 2. The zero-order chi connectivity index (χ0) is 29.0. The molecule has 0 radical (unpaired) electrons. The Morgan fingerprint density at radius 1 is 0.907 bits per heavy atom. The number of aromatic nitrogens is 1. The van der Waals surface area contributed by atoms with Gasteiger partial charge in [-0.15, -0.1) is 22.7 Å². The van der Waals surface area contributed by atoms with Crippen LogP contribution in [0.5, 0.6) is 0 Å². The highest BCUT2D eigenvalue weighted by atomic mass is 32.1. The second kappa shape index (κ2) is 8.58. The van der Waals surface area contributed by atoms with Crippen molar-refractivity contribution in [1.29, 1.82) is 10.5 Å². The van der Waals surface area contributed by atoms with Gasteiger partial charge in [-0.25, -0.2) is 0 Å². The van der Waals surface area contributed by atoms with Gasteiger partial charge < -0.3 is 4.74 Å². The number of pyridine rings is 1. The molecule has 0 saturated carbocycles. The summed E-state index contributed by atoms with van der Waals surface area (Å²) in [4.78, 5) is 2.37. The molecule has 1 aliphatic carbocycles. The van der Waals surface area contributed by atoms with E-state index >= 15 is 0 Å². The van der Waals surface area contributed by atoms with Crippen molar-refractivity contribution in [2.45, 2.75) is 32.3 Å². The Kier molecular flexibility index (Phi) is 4.93. The van der Waals surface area contributed by atoms with Crippen molar-refractivity contribution in [3.8, 4) is 12.1 Å². The molecule has 43 heavy (non-hydrogen) atoms. The first-order valence-corrected chi connectivity index (χ1v) is 16.0. The van der Waals surface area contributed by atoms with E-state index in [9.17, 15) is 10.5 Å². The molecule has 1 aliphatic heterocycles. The molecule has 0 atom stereocenters. The summed E-state index contributed by atoms with van der Waals surface area (Å²) < 4.78 is 11.4. The lowest BCUT2D eigenvalue weighted by Crippen LogP contribution is -2.20. The zero-order valence-corrected chi connectivity index (χ0v) is 25.1. The van der Waals surface area contributed by atoms with E-state index in [2.05, 4.69) is 95.4 Å². The highest BCUT2D eigenvalue weighted by Gasteiger charge is 2.42. The predicted molar refractivity (Wildman–Crippen MR) is 179 cm³/mol. The molecule has 0 N–H and O–H groups in total. The van der Waals surface area contributed by atoms with E-state index in [1.807, 2.05) is 25.2 Å². The van der Waals surface area contributed by atoms with E-state index in [1.54, 1.807) is 11.3 Å². The van der Waals surface area contributed by atoms with Gasteiger partial charge in [0.05, 0.1) is 15.7 Å². The number of allylic oxidation sites excluding steroid dienone is 5. The van der Waals surface area contributed by atoms with Crippen molar-refractivity contribution in [3.63, 3.8) is 0 Å². The van der Waals surface area contributed by atoms with Crippen LogP contribution >= 0.6 is 22.7 Å². The smallest absolute Gasteiger partial charge is 0.172 e. The molecule has 0 bridgehead atoms. The zero-order valence-electron chi connectivity index (χ0n) is 23.5. The SMILES string of the molecule is CC1(C)OC(=C(C#N)C#N)C(C2=CCCC=C2)=C1c1cc2sc3c(c4cccc5ccc6c7ccccc7n3c6c54)c2s1. The number of ether oxygens (including phenoxy) is 1. The summed E-state index contributed by atoms with van der Waals surface area (Å²) in [5, 5.41) is 27.4. The molecule has 5 heterocycles. The van der Waals surface area contributed by atoms with E-state index in [0.717, 1.165) is 34.4 Å². The third kappa shape index (κ3) is 3.17. The Morgan fingerprint density at radius 3 is 2.56 bits per heavy atom. The minimum atomic E-state index is -0.710. The van der Waals surface area contributed by atoms with Crippen molar-refractivity contribution < 1.29 is 4.74 Å². The van der Waals surface area contributed by atoms with Crippen molar-refractivity contribution in [2.75, 3.05) is 0 Å². The monoisotopic (exact) mass is 589 g/mol. The number of nitriles is 2. The molecule has 0 spiro atoms. The summed E-state index contributed by atoms with van der Waals surface area (Å²) in [7, 11) is 0. The Morgan fingerprint density at radius 2 is 1.74 bits per heavy atom. The minimum absolute atomic E-state index is 0.0143. The molecule has 6 heteroatoms. The van der Waals surface area contributed by atoms with Crippen LogP contribution in [0.25, 0.3) is 63.2 Å². The standard InChI is InChI=1S/C37H23N3OS2/c1-37(2)32(30(20-9-4-3-5-10-20)34(41-37)22(18-38)19-39)27-17-28-35(42-27)31-25-13-8-11-21-15-16-24-23-12-6-7-14-26(23)40(36(31)43-28)33(24)29(21)25/h4,6-17H,3,5H2,1-2H3. The van der Waals surface area contributed by atoms with Gasteiger partial charge in [-0.1, -0.05) is 66.8 Å². The molecule has 0 amide bonds. The average molecular weight is 590 g/mol. The molecule has 9 rings (SSSR count). The second-order valence-electron chi connectivity index (χ2n) is 11.7. The van der Waals surface area contributed by atoms with Gasteiger partial charge in [-0.05, 0) is 55.2 Å². The lowest BCUT2D eigenvalue weighted by molar-refractivity contribution is 0.109. The summed E-state index contributed by atoms with van der Waals surface area (Å²) in [6.07, 6.45) is 8.36. The van der Waals surface area contributed by atoms with Gasteiger partial charge >= 0.3 is 0 Å². The molecular formula is C37H23N3OS2. The maximum Gasteiger partial charge on any atom is 0.172 e. The van der Waals surface area contributed by atoms with E-state index in [0.29, 0.717) is 5.76 Å². The first-order chi connectivity index (χ1) is 21.0. The number of rotatable bonds is 2. The lowest BCUT2D eigenvalue weighted by atomic mass is 9.88. The van der Waals surface area contributed by atoms with Crippen LogP contribution in [0.1, 0.15) is 31.6 Å². The molecule has 4 nitrogen and oxygen atoms in total. The van der Waals surface area contributed by atoms with Crippen molar-refractivity contribution in [3.05, 3.63) is 106 Å². The number of nitrogens with zero attached hydrogens (tertiary/aromatic N) is 3. The molecule has 7 aromatic rings. The van der Waals surface area contributed by atoms with Gasteiger partial charge in [0.25, 0.3) is 0 Å². The maximum atomic E-state index is 9.85. The lowest BCUT2D eigenvalue weighted by Gasteiger charge is -2.22. The van der Waals surface area contributed by atoms with Crippen molar-refractivity contribution in [2.24, 2.45) is 0 Å². The Labute approximate surface area is 255 Å². The van der Waals surface area contributed by atoms with Gasteiger partial charge in [0, 0.05) is 42.3 Å². The molecule has 0 saturated heterocycles. The summed E-state index contributed by atoms with van der Waals surface area (Å²) >= 11 is 3.63. The van der Waals surface area contributed by atoms with Gasteiger partial charge in [-0.3, -0.25) is 4.40 Å². The van der Waals surface area contributed by atoms with Crippen LogP contribution in [0.3, 0.4) is 0 Å². The summed E-state index contributed by atoms with van der Waals surface area (Å²) in [6.45, 7) is 4.08. The first kappa shape index (κ1) is 24.7. The number of benzene rings is 3. The third-order valence-corrected chi connectivity index (χ3v) is 11.3. The van der Waals surface area contributed by atoms with Gasteiger partial charge in [0.2, 0.25) is 0 Å². The largest absolute Gasteiger partial charge is 0.480 e. The Balaban J connectivity index is 1.42. The van der Waals surface area contributed by atoms with Crippen molar-refractivity contribution >= 4 is 85.8 Å². The van der Waals surface area contributed by atoms with Crippen LogP contribution in [-0.2, 0) is 4.74 Å². The van der Waals surface area contributed by atoms with Crippen molar-refractivity contribution in [1.82, 2.24) is 4.40 Å². The molecule has 4 aromatic heterocycles. The van der Waals surface area contributed by atoms with E-state index in [-0.39, 0.29) is 5.57 Å². The van der Waals surface area contributed by atoms with Crippen LogP contribution in [-0.4, -0.2) is 10.0 Å². The first-order valence-electron chi connectivity index (χ1n) is 14.4. The van der Waals surface area contributed by atoms with Crippen LogP contribution in [0, 0.1) is 22.7 Å². The quantitative estimate of drug-likeness (QED) is 0.189. The van der Waals surface area contributed by atoms with Gasteiger partial charge in [0.15, 0.2) is 11.3 Å². The van der Waals surface area contributed by atoms with E-state index in [1.165, 1.54) is 57.6 Å². The molecular weight excluding hydrogens is 567 g/mol. The third-order valence-electron chi connectivity index (χ3n) is 8.91. The summed E-state index contributed by atoms with van der Waals surface area (Å²) in [5.74, 6) is 0.390. The molecule has 3 aromatic carbocycles. The summed E-state index contributed by atoms with van der Waals surface area (Å²) in [5.41, 5.74) is 4.75. The predicted octanol–water partition coefficient (Wildman–Crippen LogP) is 10.4. The van der Waals surface area contributed by atoms with Gasteiger partial charge in [-0.2, -0.15) is 10.5 Å². The van der Waals surface area contributed by atoms with E-state index < -0.39 is 5.60 Å². The van der Waals surface area contributed by atoms with Crippen LogP contribution in [0.15, 0.2) is 101 Å². The topological polar surface area (TPSA) is 61.2 Å². The summed E-state index contributed by atoms with van der Waals surface area (Å²) in [6, 6.07) is 26.4. The number of hydrogen-bond acceptors (Lipinski definition) is 5. The number of fused-ring (bicyclic) bond motifs is 8. The normalized spacial score (nSPS) is 16.7. The highest BCUT2D eigenvalue weighted by Crippen LogP contribution is 2.54. The fourth-order valence-corrected chi connectivity index (χ4v) is 10.1.